The highest BCUT2D eigenvalue weighted by Crippen LogP contribution is 2.16. The topological polar surface area (TPSA) is 135 Å². The van der Waals surface area contributed by atoms with E-state index in [9.17, 15) is 14.9 Å². The van der Waals surface area contributed by atoms with E-state index in [1.54, 1.807) is 24.3 Å². The minimum Gasteiger partial charge on any atom is -0.471 e. The maximum absolute atomic E-state index is 12.3. The average Bonchev–Trinajstić information content (AvgIpc) is 3.20. The molecule has 3 aromatic rings. The molecule has 1 heterocycles. The zero-order valence-electron chi connectivity index (χ0n) is 14.8. The van der Waals surface area contributed by atoms with Crippen LogP contribution in [0.1, 0.15) is 16.1 Å². The SMILES string of the molecule is N/C(=N\OC(=O)c1ccnn1COc1ccc(Cl)cc1)c1ccc([N+](=O)[O-])cc1. The van der Waals surface area contributed by atoms with Crippen LogP contribution in [0.15, 0.2) is 65.9 Å². The second kappa shape index (κ2) is 8.85. The van der Waals surface area contributed by atoms with Gasteiger partial charge in [-0.05, 0) is 42.5 Å². The number of aromatic nitrogens is 2. The maximum atomic E-state index is 12.3. The first kappa shape index (κ1) is 19.8. The summed E-state index contributed by atoms with van der Waals surface area (Å²) in [6, 6.07) is 13.5. The van der Waals surface area contributed by atoms with Gasteiger partial charge in [0.15, 0.2) is 18.3 Å². The number of rotatable bonds is 7. The first-order valence-electron chi connectivity index (χ1n) is 8.14. The van der Waals surface area contributed by atoms with Crippen molar-refractivity contribution < 1.29 is 19.3 Å². The summed E-state index contributed by atoms with van der Waals surface area (Å²) < 4.78 is 6.83. The summed E-state index contributed by atoms with van der Waals surface area (Å²) in [5.74, 6) is -0.367. The second-order valence-electron chi connectivity index (χ2n) is 5.60. The minimum absolute atomic E-state index is 0.0411. The second-order valence-corrected chi connectivity index (χ2v) is 6.04. The number of benzene rings is 2. The Morgan fingerprint density at radius 2 is 1.86 bits per heavy atom. The predicted octanol–water partition coefficient (Wildman–Crippen LogP) is 2.96. The Hall–Kier alpha value is -3.92. The van der Waals surface area contributed by atoms with Crippen LogP contribution in [0, 0.1) is 10.1 Å². The van der Waals surface area contributed by atoms with Crippen molar-refractivity contribution in [1.82, 2.24) is 9.78 Å². The normalized spacial score (nSPS) is 11.1. The lowest BCUT2D eigenvalue weighted by Gasteiger charge is -2.08. The highest BCUT2D eigenvalue weighted by molar-refractivity contribution is 6.30. The third kappa shape index (κ3) is 5.08. The average molecular weight is 416 g/mol. The molecule has 0 aliphatic rings. The van der Waals surface area contributed by atoms with E-state index in [1.807, 2.05) is 0 Å². The molecule has 0 aliphatic carbocycles. The molecule has 2 N–H and O–H groups in total. The van der Waals surface area contributed by atoms with Crippen molar-refractivity contribution in [2.75, 3.05) is 0 Å². The maximum Gasteiger partial charge on any atom is 0.383 e. The summed E-state index contributed by atoms with van der Waals surface area (Å²) in [6.45, 7) is -0.0411. The van der Waals surface area contributed by atoms with Crippen molar-refractivity contribution in [3.05, 3.63) is 87.2 Å². The summed E-state index contributed by atoms with van der Waals surface area (Å²) in [4.78, 5) is 27.2. The van der Waals surface area contributed by atoms with Gasteiger partial charge in [-0.3, -0.25) is 10.1 Å². The molecular formula is C18H14ClN5O5. The molecule has 3 rings (SSSR count). The van der Waals surface area contributed by atoms with Gasteiger partial charge in [0.25, 0.3) is 5.69 Å². The Kier molecular flexibility index (Phi) is 6.05. The number of non-ortho nitro benzene ring substituents is 1. The van der Waals surface area contributed by atoms with E-state index >= 15 is 0 Å². The van der Waals surface area contributed by atoms with Crippen molar-refractivity contribution in [3.63, 3.8) is 0 Å². The van der Waals surface area contributed by atoms with Crippen LogP contribution in [-0.2, 0) is 11.6 Å². The number of ether oxygens (including phenoxy) is 1. The van der Waals surface area contributed by atoms with Crippen LogP contribution in [-0.4, -0.2) is 26.5 Å². The monoisotopic (exact) mass is 415 g/mol. The van der Waals surface area contributed by atoms with Gasteiger partial charge in [-0.25, -0.2) is 9.48 Å². The fourth-order valence-corrected chi connectivity index (χ4v) is 2.35. The summed E-state index contributed by atoms with van der Waals surface area (Å²) in [7, 11) is 0. The number of nitrogens with two attached hydrogens (primary N) is 1. The fraction of sp³-hybridized carbons (Fsp3) is 0.0556. The van der Waals surface area contributed by atoms with Gasteiger partial charge in [-0.1, -0.05) is 16.8 Å². The van der Waals surface area contributed by atoms with Crippen molar-refractivity contribution in [2.45, 2.75) is 6.73 Å². The fourth-order valence-electron chi connectivity index (χ4n) is 2.22. The number of nitro groups is 1. The van der Waals surface area contributed by atoms with Crippen LogP contribution >= 0.6 is 11.6 Å². The highest BCUT2D eigenvalue weighted by atomic mass is 35.5. The lowest BCUT2D eigenvalue weighted by molar-refractivity contribution is -0.384. The Labute approximate surface area is 169 Å². The summed E-state index contributed by atoms with van der Waals surface area (Å²) in [5, 5.41) is 18.8. The van der Waals surface area contributed by atoms with Crippen LogP contribution in [0.2, 0.25) is 5.02 Å². The van der Waals surface area contributed by atoms with Gasteiger partial charge in [0.1, 0.15) is 5.75 Å². The molecule has 1 aromatic heterocycles. The van der Waals surface area contributed by atoms with Crippen LogP contribution in [0.25, 0.3) is 0 Å². The van der Waals surface area contributed by atoms with E-state index in [1.165, 1.54) is 41.2 Å². The molecular weight excluding hydrogens is 402 g/mol. The molecule has 148 valence electrons. The Morgan fingerprint density at radius 1 is 1.17 bits per heavy atom. The smallest absolute Gasteiger partial charge is 0.383 e. The van der Waals surface area contributed by atoms with E-state index in [4.69, 9.17) is 26.9 Å². The van der Waals surface area contributed by atoms with E-state index < -0.39 is 10.9 Å². The lowest BCUT2D eigenvalue weighted by atomic mass is 10.2. The van der Waals surface area contributed by atoms with Gasteiger partial charge in [-0.2, -0.15) is 5.10 Å². The zero-order valence-corrected chi connectivity index (χ0v) is 15.5. The van der Waals surface area contributed by atoms with Gasteiger partial charge >= 0.3 is 5.97 Å². The standard InChI is InChI=1S/C18H14ClN5O5/c19-13-3-7-15(8-4-13)28-11-23-16(9-10-21-23)18(25)29-22-17(20)12-1-5-14(6-2-12)24(26)27/h1-10H,11H2,(H2,20,22). The molecule has 0 radical (unpaired) electrons. The molecule has 0 saturated heterocycles. The number of nitro benzene ring substituents is 1. The molecule has 11 heteroatoms. The van der Waals surface area contributed by atoms with Crippen LogP contribution < -0.4 is 10.5 Å². The molecule has 0 atom stereocenters. The largest absolute Gasteiger partial charge is 0.471 e. The van der Waals surface area contributed by atoms with Crippen molar-refractivity contribution in [2.24, 2.45) is 10.9 Å². The summed E-state index contributed by atoms with van der Waals surface area (Å²) in [5.41, 5.74) is 6.12. The number of nitrogens with zero attached hydrogens (tertiary/aromatic N) is 4. The first-order chi connectivity index (χ1) is 13.9. The quantitative estimate of drug-likeness (QED) is 0.206. The van der Waals surface area contributed by atoms with E-state index in [0.717, 1.165) is 0 Å². The molecule has 0 bridgehead atoms. The van der Waals surface area contributed by atoms with Gasteiger partial charge < -0.3 is 15.3 Å². The molecule has 0 saturated carbocycles. The summed E-state index contributed by atoms with van der Waals surface area (Å²) in [6.07, 6.45) is 1.41. The van der Waals surface area contributed by atoms with Gasteiger partial charge in [-0.15, -0.1) is 0 Å². The number of hydrogen-bond acceptors (Lipinski definition) is 7. The molecule has 0 amide bonds. The highest BCUT2D eigenvalue weighted by Gasteiger charge is 2.15. The number of oxime groups is 1. The molecule has 10 nitrogen and oxygen atoms in total. The van der Waals surface area contributed by atoms with Crippen LogP contribution in [0.3, 0.4) is 0 Å². The Balaban J connectivity index is 1.63. The molecule has 29 heavy (non-hydrogen) atoms. The Morgan fingerprint density at radius 3 is 2.52 bits per heavy atom. The van der Waals surface area contributed by atoms with E-state index in [0.29, 0.717) is 16.3 Å². The van der Waals surface area contributed by atoms with Gasteiger partial charge in [0.2, 0.25) is 0 Å². The molecule has 0 aliphatic heterocycles. The Bertz CT molecular complexity index is 1050. The number of carbonyl (C=O) groups is 1. The predicted molar refractivity (Wildman–Crippen MR) is 104 cm³/mol. The van der Waals surface area contributed by atoms with Crippen molar-refractivity contribution in [1.29, 1.82) is 0 Å². The third-order valence-electron chi connectivity index (χ3n) is 3.69. The van der Waals surface area contributed by atoms with E-state index in [2.05, 4.69) is 10.3 Å². The molecule has 0 fully saturated rings. The number of hydrogen-bond donors (Lipinski definition) is 1. The van der Waals surface area contributed by atoms with Crippen molar-refractivity contribution >= 4 is 29.1 Å². The zero-order chi connectivity index (χ0) is 20.8. The van der Waals surface area contributed by atoms with Gasteiger partial charge in [0.05, 0.1) is 4.92 Å². The van der Waals surface area contributed by atoms with Crippen molar-refractivity contribution in [3.8, 4) is 5.75 Å². The van der Waals surface area contributed by atoms with E-state index in [-0.39, 0.29) is 23.9 Å². The summed E-state index contributed by atoms with van der Waals surface area (Å²) >= 11 is 5.82. The van der Waals surface area contributed by atoms with Crippen LogP contribution in [0.4, 0.5) is 5.69 Å². The number of carbonyl (C=O) groups excluding carboxylic acids is 1. The van der Waals surface area contributed by atoms with Crippen LogP contribution in [0.5, 0.6) is 5.75 Å². The third-order valence-corrected chi connectivity index (χ3v) is 3.95. The number of amidine groups is 1. The molecule has 0 spiro atoms. The number of halogens is 1. The first-order valence-corrected chi connectivity index (χ1v) is 8.51. The van der Waals surface area contributed by atoms with Gasteiger partial charge in [0, 0.05) is 28.9 Å². The lowest BCUT2D eigenvalue weighted by Crippen LogP contribution is -2.18. The molecule has 2 aromatic carbocycles. The molecule has 0 unspecified atom stereocenters. The minimum atomic E-state index is -0.799.